The zero-order chi connectivity index (χ0) is 9.23. The first-order valence-electron chi connectivity index (χ1n) is 5.30. The molecule has 0 aliphatic heterocycles. The Morgan fingerprint density at radius 1 is 1.00 bits per heavy atom. The van der Waals surface area contributed by atoms with Crippen molar-refractivity contribution >= 4 is 0 Å². The smallest absolute Gasteiger partial charge is 0.0117 e. The zero-order valence-corrected chi connectivity index (χ0v) is 8.82. The Morgan fingerprint density at radius 2 is 1.75 bits per heavy atom. The van der Waals surface area contributed by atoms with Crippen molar-refractivity contribution in [3.8, 4) is 11.8 Å². The molecule has 0 heteroatoms. The van der Waals surface area contributed by atoms with Crippen LogP contribution in [0.3, 0.4) is 0 Å². The Bertz CT molecular complexity index is 136. The molecule has 0 aromatic rings. The predicted octanol–water partition coefficient (Wildman–Crippen LogP) is 4.01. The van der Waals surface area contributed by atoms with Gasteiger partial charge in [0.05, 0.1) is 0 Å². The lowest BCUT2D eigenvalue weighted by Gasteiger charge is -2.08. The van der Waals surface area contributed by atoms with Crippen molar-refractivity contribution in [1.29, 1.82) is 0 Å². The predicted molar refractivity (Wildman–Crippen MR) is 56.0 cm³/mol. The second-order valence-corrected chi connectivity index (χ2v) is 3.37. The molecule has 0 fully saturated rings. The van der Waals surface area contributed by atoms with Crippen molar-refractivity contribution in [2.75, 3.05) is 0 Å². The Labute approximate surface area is 77.8 Å². The van der Waals surface area contributed by atoms with Crippen LogP contribution < -0.4 is 0 Å². The van der Waals surface area contributed by atoms with Crippen LogP contribution in [0.2, 0.25) is 0 Å². The molecule has 0 N–H and O–H groups in total. The summed E-state index contributed by atoms with van der Waals surface area (Å²) in [5, 5.41) is 0. The fourth-order valence-electron chi connectivity index (χ4n) is 1.29. The maximum atomic E-state index is 3.27. The van der Waals surface area contributed by atoms with Crippen molar-refractivity contribution in [2.45, 2.75) is 59.3 Å². The van der Waals surface area contributed by atoms with Crippen molar-refractivity contribution < 1.29 is 0 Å². The van der Waals surface area contributed by atoms with Gasteiger partial charge in [-0.25, -0.2) is 0 Å². The van der Waals surface area contributed by atoms with Gasteiger partial charge in [-0.15, -0.1) is 11.8 Å². The summed E-state index contributed by atoms with van der Waals surface area (Å²) in [6, 6.07) is 0. The summed E-state index contributed by atoms with van der Waals surface area (Å²) in [4.78, 5) is 0. The third-order valence-electron chi connectivity index (χ3n) is 2.17. The number of unbranched alkanes of at least 4 members (excludes halogenated alkanes) is 1. The van der Waals surface area contributed by atoms with Gasteiger partial charge in [-0.05, 0) is 18.8 Å². The molecule has 0 aromatic carbocycles. The first-order chi connectivity index (χ1) is 5.85. The molecule has 0 radical (unpaired) electrons. The summed E-state index contributed by atoms with van der Waals surface area (Å²) < 4.78 is 0. The van der Waals surface area contributed by atoms with E-state index in [9.17, 15) is 0 Å². The van der Waals surface area contributed by atoms with E-state index in [1.54, 1.807) is 0 Å². The van der Waals surface area contributed by atoms with Crippen LogP contribution >= 0.6 is 0 Å². The highest BCUT2D eigenvalue weighted by atomic mass is 14.1. The van der Waals surface area contributed by atoms with Crippen LogP contribution in [-0.4, -0.2) is 0 Å². The first-order valence-corrected chi connectivity index (χ1v) is 5.30. The molecule has 0 aliphatic carbocycles. The molecule has 0 amide bonds. The van der Waals surface area contributed by atoms with Gasteiger partial charge in [-0.1, -0.05) is 33.6 Å². The molecular formula is C12H22. The van der Waals surface area contributed by atoms with Gasteiger partial charge in [0.2, 0.25) is 0 Å². The lowest BCUT2D eigenvalue weighted by Crippen LogP contribution is -1.95. The molecule has 1 atom stereocenters. The fraction of sp³-hybridized carbons (Fsp3) is 0.833. The van der Waals surface area contributed by atoms with Gasteiger partial charge >= 0.3 is 0 Å². The van der Waals surface area contributed by atoms with E-state index in [1.807, 2.05) is 0 Å². The third kappa shape index (κ3) is 6.28. The average Bonchev–Trinajstić information content (AvgIpc) is 2.10. The molecular weight excluding hydrogens is 144 g/mol. The van der Waals surface area contributed by atoms with Crippen molar-refractivity contribution in [1.82, 2.24) is 0 Å². The molecule has 1 unspecified atom stereocenters. The van der Waals surface area contributed by atoms with Crippen LogP contribution in [0.4, 0.5) is 0 Å². The standard InChI is InChI=1S/C12H22/c1-4-7-8-9-11-12(6-3)10-5-2/h12H,4-7,10-11H2,1-3H3. The molecule has 0 heterocycles. The van der Waals surface area contributed by atoms with Crippen LogP contribution in [-0.2, 0) is 0 Å². The lowest BCUT2D eigenvalue weighted by molar-refractivity contribution is 0.476. The lowest BCUT2D eigenvalue weighted by atomic mass is 9.97. The van der Waals surface area contributed by atoms with Gasteiger partial charge in [0.25, 0.3) is 0 Å². The monoisotopic (exact) mass is 166 g/mol. The maximum Gasteiger partial charge on any atom is 0.0117 e. The summed E-state index contributed by atoms with van der Waals surface area (Å²) >= 11 is 0. The molecule has 12 heavy (non-hydrogen) atoms. The van der Waals surface area contributed by atoms with Gasteiger partial charge in [0, 0.05) is 12.8 Å². The summed E-state index contributed by atoms with van der Waals surface area (Å²) in [6.07, 6.45) is 7.31. The van der Waals surface area contributed by atoms with Gasteiger partial charge in [0.15, 0.2) is 0 Å². The van der Waals surface area contributed by atoms with Gasteiger partial charge in [-0.3, -0.25) is 0 Å². The van der Waals surface area contributed by atoms with Crippen LogP contribution in [0.25, 0.3) is 0 Å². The molecule has 0 saturated heterocycles. The second-order valence-electron chi connectivity index (χ2n) is 3.37. The minimum absolute atomic E-state index is 0.847. The Hall–Kier alpha value is -0.440. The topological polar surface area (TPSA) is 0 Å². The second kappa shape index (κ2) is 8.65. The van der Waals surface area contributed by atoms with E-state index in [4.69, 9.17) is 0 Å². The van der Waals surface area contributed by atoms with Gasteiger partial charge < -0.3 is 0 Å². The molecule has 0 nitrogen and oxygen atoms in total. The highest BCUT2D eigenvalue weighted by Gasteiger charge is 2.01. The quantitative estimate of drug-likeness (QED) is 0.541. The van der Waals surface area contributed by atoms with E-state index in [1.165, 1.54) is 25.7 Å². The molecule has 0 bridgehead atoms. The van der Waals surface area contributed by atoms with Gasteiger partial charge in [-0.2, -0.15) is 0 Å². The number of rotatable bonds is 5. The fourth-order valence-corrected chi connectivity index (χ4v) is 1.29. The minimum Gasteiger partial charge on any atom is -0.103 e. The van der Waals surface area contributed by atoms with Crippen molar-refractivity contribution in [3.63, 3.8) is 0 Å². The van der Waals surface area contributed by atoms with Crippen LogP contribution in [0.15, 0.2) is 0 Å². The highest BCUT2D eigenvalue weighted by Crippen LogP contribution is 2.13. The van der Waals surface area contributed by atoms with Crippen molar-refractivity contribution in [3.05, 3.63) is 0 Å². The van der Waals surface area contributed by atoms with Crippen molar-refractivity contribution in [2.24, 2.45) is 5.92 Å². The molecule has 0 aromatic heterocycles. The van der Waals surface area contributed by atoms with E-state index >= 15 is 0 Å². The largest absolute Gasteiger partial charge is 0.103 e. The molecule has 0 saturated carbocycles. The summed E-state index contributed by atoms with van der Waals surface area (Å²) in [7, 11) is 0. The Morgan fingerprint density at radius 3 is 2.25 bits per heavy atom. The Balaban J connectivity index is 3.51. The summed E-state index contributed by atoms with van der Waals surface area (Å²) in [5.41, 5.74) is 0. The van der Waals surface area contributed by atoms with Crippen LogP contribution in [0, 0.1) is 17.8 Å². The highest BCUT2D eigenvalue weighted by molar-refractivity contribution is 4.99. The molecule has 0 rings (SSSR count). The summed E-state index contributed by atoms with van der Waals surface area (Å²) in [5.74, 6) is 7.33. The first kappa shape index (κ1) is 11.6. The number of hydrogen-bond donors (Lipinski definition) is 0. The van der Waals surface area contributed by atoms with E-state index in [2.05, 4.69) is 32.6 Å². The molecule has 0 spiro atoms. The summed E-state index contributed by atoms with van der Waals surface area (Å²) in [6.45, 7) is 6.70. The van der Waals surface area contributed by atoms with E-state index in [0.29, 0.717) is 0 Å². The molecule has 70 valence electrons. The maximum absolute atomic E-state index is 3.27. The van der Waals surface area contributed by atoms with E-state index in [0.717, 1.165) is 18.8 Å². The van der Waals surface area contributed by atoms with E-state index in [-0.39, 0.29) is 0 Å². The number of hydrogen-bond acceptors (Lipinski definition) is 0. The third-order valence-corrected chi connectivity index (χ3v) is 2.17. The van der Waals surface area contributed by atoms with Crippen LogP contribution in [0.5, 0.6) is 0 Å². The Kier molecular flexibility index (Phi) is 8.34. The zero-order valence-electron chi connectivity index (χ0n) is 8.82. The van der Waals surface area contributed by atoms with E-state index < -0.39 is 0 Å². The molecule has 0 aliphatic rings. The van der Waals surface area contributed by atoms with Gasteiger partial charge in [0.1, 0.15) is 0 Å². The minimum atomic E-state index is 0.847. The normalized spacial score (nSPS) is 11.9. The average molecular weight is 166 g/mol. The van der Waals surface area contributed by atoms with Crippen LogP contribution in [0.1, 0.15) is 59.3 Å². The SMILES string of the molecule is CCCC#CCC(CC)CCC.